The van der Waals surface area contributed by atoms with E-state index in [1.807, 2.05) is 41.6 Å². The number of ether oxygens (including phenoxy) is 1. The smallest absolute Gasteiger partial charge is 0.262 e. The Morgan fingerprint density at radius 1 is 0.809 bits per heavy atom. The number of piperidine rings is 3. The second-order valence-corrected chi connectivity index (χ2v) is 19.5. The molecule has 350 valence electrons. The second-order valence-electron chi connectivity index (χ2n) is 19.5. The Morgan fingerprint density at radius 3 is 2.31 bits per heavy atom. The molecule has 3 aromatic carbocycles. The number of likely N-dealkylation sites (tertiary alicyclic amines) is 2. The van der Waals surface area contributed by atoms with Crippen molar-refractivity contribution in [1.29, 1.82) is 0 Å². The SMILES string of the molecule is O=C1CCC(N2C(=O)c3ccc(OCC(=O)N4CCC5(CC4)CC(N4CCC(c6ccc(Nc7ncnc8c7ncn8C7CC(NC(=O)Cc8ccccc8)C7)cc6)CC4)C5)cc3C2=O)C(=O)N1. The highest BCUT2D eigenvalue weighted by Gasteiger charge is 2.49. The van der Waals surface area contributed by atoms with Crippen LogP contribution in [0.1, 0.15) is 108 Å². The molecule has 2 saturated carbocycles. The van der Waals surface area contributed by atoms with Crippen LogP contribution in [0.3, 0.4) is 0 Å². The van der Waals surface area contributed by atoms with Crippen LogP contribution in [0.5, 0.6) is 5.75 Å². The fraction of sp³-hybridized carbons (Fsp3) is 0.431. The zero-order chi connectivity index (χ0) is 46.5. The summed E-state index contributed by atoms with van der Waals surface area (Å²) in [5, 5.41) is 8.84. The van der Waals surface area contributed by atoms with E-state index in [0.717, 1.165) is 91.8 Å². The van der Waals surface area contributed by atoms with Crippen LogP contribution in [-0.2, 0) is 25.6 Å². The summed E-state index contributed by atoms with van der Waals surface area (Å²) >= 11 is 0. The van der Waals surface area contributed by atoms with Crippen molar-refractivity contribution in [3.8, 4) is 5.75 Å². The third-order valence-corrected chi connectivity index (χ3v) is 15.4. The highest BCUT2D eigenvalue weighted by Crippen LogP contribution is 2.52. The van der Waals surface area contributed by atoms with Crippen molar-refractivity contribution >= 4 is 58.1 Å². The van der Waals surface area contributed by atoms with Gasteiger partial charge in [-0.05, 0) is 124 Å². The Balaban J connectivity index is 0.604. The van der Waals surface area contributed by atoms with E-state index >= 15 is 0 Å². The molecule has 3 saturated heterocycles. The van der Waals surface area contributed by atoms with Gasteiger partial charge < -0.3 is 29.7 Å². The van der Waals surface area contributed by atoms with Crippen LogP contribution in [0.25, 0.3) is 11.2 Å². The van der Waals surface area contributed by atoms with Gasteiger partial charge in [0.05, 0.1) is 23.9 Å². The number of carbonyl (C=O) groups is 6. The summed E-state index contributed by atoms with van der Waals surface area (Å²) in [5.74, 6) is -0.890. The molecule has 1 atom stereocenters. The van der Waals surface area contributed by atoms with Gasteiger partial charge in [0.1, 0.15) is 18.1 Å². The molecule has 5 aromatic rings. The molecule has 6 aliphatic rings. The Morgan fingerprint density at radius 2 is 1.56 bits per heavy atom. The van der Waals surface area contributed by atoms with Crippen molar-refractivity contribution in [3.05, 3.63) is 108 Å². The molecule has 5 fully saturated rings. The lowest BCUT2D eigenvalue weighted by molar-refractivity contribution is -0.138. The summed E-state index contributed by atoms with van der Waals surface area (Å²) in [6.45, 7) is 3.35. The molecule has 1 unspecified atom stereocenters. The summed E-state index contributed by atoms with van der Waals surface area (Å²) in [7, 11) is 0. The fourth-order valence-electron chi connectivity index (χ4n) is 11.4. The van der Waals surface area contributed by atoms with Crippen LogP contribution in [0.15, 0.2) is 85.5 Å². The van der Waals surface area contributed by atoms with Crippen LogP contribution in [0.4, 0.5) is 11.5 Å². The van der Waals surface area contributed by atoms with Crippen LogP contribution < -0.4 is 20.7 Å². The number of anilines is 2. The Bertz CT molecular complexity index is 2780. The largest absolute Gasteiger partial charge is 0.484 e. The molecule has 4 aliphatic heterocycles. The Kier molecular flexibility index (Phi) is 11.5. The molecule has 6 amide bonds. The quantitative estimate of drug-likeness (QED) is 0.141. The minimum Gasteiger partial charge on any atom is -0.484 e. The van der Waals surface area contributed by atoms with E-state index in [4.69, 9.17) is 9.72 Å². The number of imide groups is 2. The number of fused-ring (bicyclic) bond motifs is 2. The zero-order valence-electron chi connectivity index (χ0n) is 37.8. The number of nitrogens with zero attached hydrogens (tertiary/aromatic N) is 7. The van der Waals surface area contributed by atoms with Crippen molar-refractivity contribution in [2.45, 2.75) is 101 Å². The third-order valence-electron chi connectivity index (χ3n) is 15.4. The first-order valence-corrected chi connectivity index (χ1v) is 23.9. The number of hydrogen-bond donors (Lipinski definition) is 3. The number of imidazole rings is 1. The summed E-state index contributed by atoms with van der Waals surface area (Å²) in [5.41, 5.74) is 5.37. The minimum absolute atomic E-state index is 0.0444. The minimum atomic E-state index is -1.04. The average Bonchev–Trinajstić information content (AvgIpc) is 3.86. The standard InChI is InChI=1S/C51H54N10O7/c62-42-13-12-41(48(65)57-42)61-49(66)39-11-10-38(25-40(39)50(61)67)68-28-44(64)59-20-16-51(17-21-59)26-37(27-51)58-18-14-33(15-19-58)32-6-8-34(9-7-32)56-46-45-47(53-29-52-46)60(30-54-45)36-23-35(24-36)55-43(63)22-31-4-2-1-3-5-31/h1-11,25,29-30,33,35-37,41H,12-24,26-28H2,(H,55,63)(H,52,53,56)(H,57,62,65). The predicted octanol–water partition coefficient (Wildman–Crippen LogP) is 5.06. The van der Waals surface area contributed by atoms with Gasteiger partial charge in [-0.1, -0.05) is 42.5 Å². The molecule has 2 aliphatic carbocycles. The van der Waals surface area contributed by atoms with Crippen LogP contribution in [0.2, 0.25) is 0 Å². The average molecular weight is 919 g/mol. The number of rotatable bonds is 12. The summed E-state index contributed by atoms with van der Waals surface area (Å²) < 4.78 is 7.93. The first-order valence-electron chi connectivity index (χ1n) is 23.9. The highest BCUT2D eigenvalue weighted by atomic mass is 16.5. The first kappa shape index (κ1) is 43.6. The molecule has 1 spiro atoms. The summed E-state index contributed by atoms with van der Waals surface area (Å²) in [6, 6.07) is 22.9. The lowest BCUT2D eigenvalue weighted by Gasteiger charge is -2.56. The van der Waals surface area contributed by atoms with Crippen LogP contribution >= 0.6 is 0 Å². The van der Waals surface area contributed by atoms with Crippen molar-refractivity contribution in [2.75, 3.05) is 38.1 Å². The number of hydrogen-bond acceptors (Lipinski definition) is 12. The number of carbonyl (C=O) groups excluding carboxylic acids is 6. The predicted molar refractivity (Wildman–Crippen MR) is 249 cm³/mol. The lowest BCUT2D eigenvalue weighted by Crippen LogP contribution is -2.57. The summed E-state index contributed by atoms with van der Waals surface area (Å²) in [4.78, 5) is 95.3. The first-order chi connectivity index (χ1) is 33.1. The topological polar surface area (TPSA) is 201 Å². The molecule has 2 aromatic heterocycles. The fourth-order valence-corrected chi connectivity index (χ4v) is 11.4. The lowest BCUT2D eigenvalue weighted by atomic mass is 9.59. The third kappa shape index (κ3) is 8.48. The number of amides is 6. The monoisotopic (exact) mass is 918 g/mol. The highest BCUT2D eigenvalue weighted by molar-refractivity contribution is 6.23. The molecule has 0 bridgehead atoms. The zero-order valence-corrected chi connectivity index (χ0v) is 37.8. The van der Waals surface area contributed by atoms with Crippen LogP contribution in [0, 0.1) is 5.41 Å². The van der Waals surface area contributed by atoms with E-state index in [0.29, 0.717) is 43.0 Å². The molecule has 68 heavy (non-hydrogen) atoms. The maximum absolute atomic E-state index is 13.2. The Labute approximate surface area is 393 Å². The van der Waals surface area contributed by atoms with E-state index in [1.165, 1.54) is 17.7 Å². The van der Waals surface area contributed by atoms with Gasteiger partial charge in [-0.25, -0.2) is 15.0 Å². The number of nitrogens with one attached hydrogen (secondary N) is 3. The van der Waals surface area contributed by atoms with E-state index in [-0.39, 0.29) is 59.9 Å². The van der Waals surface area contributed by atoms with E-state index < -0.39 is 29.7 Å². The molecule has 17 heteroatoms. The van der Waals surface area contributed by atoms with E-state index in [2.05, 4.69) is 59.7 Å². The summed E-state index contributed by atoms with van der Waals surface area (Å²) in [6.07, 6.45) is 12.1. The second kappa shape index (κ2) is 17.9. The van der Waals surface area contributed by atoms with Crippen molar-refractivity contribution < 1.29 is 33.5 Å². The molecular weight excluding hydrogens is 865 g/mol. The van der Waals surface area contributed by atoms with Gasteiger partial charge >= 0.3 is 0 Å². The van der Waals surface area contributed by atoms with Gasteiger partial charge in [0.15, 0.2) is 23.6 Å². The molecule has 11 rings (SSSR count). The molecule has 17 nitrogen and oxygen atoms in total. The van der Waals surface area contributed by atoms with Crippen molar-refractivity contribution in [1.82, 2.24) is 44.9 Å². The number of benzene rings is 3. The van der Waals surface area contributed by atoms with Gasteiger partial charge in [0, 0.05) is 43.3 Å². The molecule has 0 radical (unpaired) electrons. The van der Waals surface area contributed by atoms with E-state index in [9.17, 15) is 28.8 Å². The number of aromatic nitrogens is 4. The van der Waals surface area contributed by atoms with Gasteiger partial charge in [-0.15, -0.1) is 0 Å². The van der Waals surface area contributed by atoms with E-state index in [1.54, 1.807) is 12.4 Å². The van der Waals surface area contributed by atoms with Gasteiger partial charge in [-0.2, -0.15) is 0 Å². The molecule has 6 heterocycles. The van der Waals surface area contributed by atoms with Gasteiger partial charge in [-0.3, -0.25) is 39.0 Å². The van der Waals surface area contributed by atoms with Crippen LogP contribution in [-0.4, -0.2) is 121 Å². The maximum atomic E-state index is 13.2. The molecule has 3 N–H and O–H groups in total. The Hall–Kier alpha value is -7.01. The van der Waals surface area contributed by atoms with Gasteiger partial charge in [0.2, 0.25) is 17.7 Å². The van der Waals surface area contributed by atoms with Crippen molar-refractivity contribution in [2.24, 2.45) is 5.41 Å². The maximum Gasteiger partial charge on any atom is 0.262 e. The van der Waals surface area contributed by atoms with Gasteiger partial charge in [0.25, 0.3) is 17.7 Å². The molecular formula is C51H54N10O7. The normalized spacial score (nSPS) is 23.0. The van der Waals surface area contributed by atoms with Crippen molar-refractivity contribution in [3.63, 3.8) is 0 Å².